The first-order valence-electron chi connectivity index (χ1n) is 7.29. The number of quaternary nitrogens is 1. The molecule has 0 saturated carbocycles. The van der Waals surface area contributed by atoms with Gasteiger partial charge in [0.1, 0.15) is 10.1 Å². The highest BCUT2D eigenvalue weighted by molar-refractivity contribution is 7.85. The lowest BCUT2D eigenvalue weighted by molar-refractivity contribution is -0.929. The van der Waals surface area contributed by atoms with E-state index in [1.165, 1.54) is 74.2 Å². The van der Waals surface area contributed by atoms with E-state index in [-0.39, 0.29) is 4.90 Å². The van der Waals surface area contributed by atoms with E-state index in [1.54, 1.807) is 6.07 Å². The van der Waals surface area contributed by atoms with E-state index in [9.17, 15) is 13.0 Å². The number of hydrogen-bond donors (Lipinski definition) is 0. The maximum absolute atomic E-state index is 10.3. The molecule has 0 N–H and O–H groups in total. The van der Waals surface area contributed by atoms with Crippen LogP contribution < -0.4 is 0 Å². The smallest absolute Gasteiger partial charge is 0.124 e. The molecule has 0 bridgehead atoms. The molecule has 5 heteroatoms. The minimum atomic E-state index is -4.25. The average molecular weight is 299 g/mol. The Morgan fingerprint density at radius 3 is 1.80 bits per heavy atom. The SMILES string of the molecule is CC[N+]1(CC)CCCCC1.O=S(=O)([O-])c1ccccc1. The highest BCUT2D eigenvalue weighted by Gasteiger charge is 2.24. The van der Waals surface area contributed by atoms with E-state index in [4.69, 9.17) is 0 Å². The van der Waals surface area contributed by atoms with E-state index in [0.717, 1.165) is 0 Å². The fraction of sp³-hybridized carbons (Fsp3) is 0.600. The summed E-state index contributed by atoms with van der Waals surface area (Å²) in [6.45, 7) is 10.2. The largest absolute Gasteiger partial charge is 0.744 e. The van der Waals surface area contributed by atoms with Crippen molar-refractivity contribution in [2.45, 2.75) is 38.0 Å². The van der Waals surface area contributed by atoms with Gasteiger partial charge in [-0.05, 0) is 45.2 Å². The highest BCUT2D eigenvalue weighted by atomic mass is 32.2. The Balaban J connectivity index is 0.000000200. The van der Waals surface area contributed by atoms with Crippen molar-refractivity contribution in [2.24, 2.45) is 0 Å². The lowest BCUT2D eigenvalue weighted by Gasteiger charge is -2.39. The second-order valence-corrected chi connectivity index (χ2v) is 6.63. The summed E-state index contributed by atoms with van der Waals surface area (Å²) >= 11 is 0. The molecule has 20 heavy (non-hydrogen) atoms. The van der Waals surface area contributed by atoms with Crippen LogP contribution in [0.2, 0.25) is 0 Å². The number of rotatable bonds is 3. The van der Waals surface area contributed by atoms with Gasteiger partial charge in [-0.15, -0.1) is 0 Å². The summed E-state index contributed by atoms with van der Waals surface area (Å²) in [4.78, 5) is -0.185. The molecule has 0 aromatic heterocycles. The Kier molecular flexibility index (Phi) is 6.65. The van der Waals surface area contributed by atoms with Crippen LogP contribution in [0.15, 0.2) is 35.2 Å². The topological polar surface area (TPSA) is 57.2 Å². The molecule has 1 saturated heterocycles. The van der Waals surface area contributed by atoms with Gasteiger partial charge in [0.15, 0.2) is 0 Å². The third kappa shape index (κ3) is 5.23. The average Bonchev–Trinajstić information content (AvgIpc) is 2.49. The van der Waals surface area contributed by atoms with Crippen LogP contribution in [0.3, 0.4) is 0 Å². The van der Waals surface area contributed by atoms with E-state index in [1.807, 2.05) is 0 Å². The summed E-state index contributed by atoms with van der Waals surface area (Å²) < 4.78 is 32.2. The van der Waals surface area contributed by atoms with Crippen molar-refractivity contribution in [2.75, 3.05) is 26.2 Å². The fourth-order valence-electron chi connectivity index (χ4n) is 2.63. The maximum atomic E-state index is 10.3. The normalized spacial score (nSPS) is 17.9. The fourth-order valence-corrected chi connectivity index (χ4v) is 3.12. The molecule has 0 unspecified atom stereocenters. The van der Waals surface area contributed by atoms with Crippen molar-refractivity contribution < 1.29 is 17.5 Å². The van der Waals surface area contributed by atoms with E-state index in [0.29, 0.717) is 0 Å². The van der Waals surface area contributed by atoms with Crippen LogP contribution in [-0.2, 0) is 10.1 Å². The van der Waals surface area contributed by atoms with Crippen LogP contribution >= 0.6 is 0 Å². The van der Waals surface area contributed by atoms with Crippen molar-refractivity contribution in [1.29, 1.82) is 0 Å². The number of likely N-dealkylation sites (tertiary alicyclic amines) is 1. The van der Waals surface area contributed by atoms with Gasteiger partial charge in [0.05, 0.1) is 31.1 Å². The van der Waals surface area contributed by atoms with Gasteiger partial charge in [-0.1, -0.05) is 18.2 Å². The Hall–Kier alpha value is -0.910. The summed E-state index contributed by atoms with van der Waals surface area (Å²) in [6.07, 6.45) is 4.39. The van der Waals surface area contributed by atoms with Crippen molar-refractivity contribution in [3.63, 3.8) is 0 Å². The molecule has 0 atom stereocenters. The Morgan fingerprint density at radius 2 is 1.50 bits per heavy atom. The summed E-state index contributed by atoms with van der Waals surface area (Å²) in [7, 11) is -4.25. The Morgan fingerprint density at radius 1 is 1.00 bits per heavy atom. The van der Waals surface area contributed by atoms with Gasteiger partial charge in [-0.25, -0.2) is 8.42 Å². The first-order chi connectivity index (χ1) is 9.43. The van der Waals surface area contributed by atoms with Crippen LogP contribution in [0.25, 0.3) is 0 Å². The lowest BCUT2D eigenvalue weighted by atomic mass is 10.1. The van der Waals surface area contributed by atoms with Gasteiger partial charge in [0, 0.05) is 0 Å². The first-order valence-corrected chi connectivity index (χ1v) is 8.70. The number of benzene rings is 1. The van der Waals surface area contributed by atoms with E-state index < -0.39 is 10.1 Å². The molecule has 2 rings (SSSR count). The van der Waals surface area contributed by atoms with Gasteiger partial charge < -0.3 is 9.04 Å². The van der Waals surface area contributed by atoms with Gasteiger partial charge in [-0.3, -0.25) is 0 Å². The van der Waals surface area contributed by atoms with Gasteiger partial charge in [-0.2, -0.15) is 0 Å². The molecule has 1 aromatic rings. The summed E-state index contributed by atoms with van der Waals surface area (Å²) in [5.41, 5.74) is 0. The third-order valence-corrected chi connectivity index (χ3v) is 4.99. The summed E-state index contributed by atoms with van der Waals surface area (Å²) in [5, 5.41) is 0. The molecule has 1 aliphatic heterocycles. The number of piperidine rings is 1. The zero-order valence-electron chi connectivity index (χ0n) is 12.4. The predicted octanol–water partition coefficient (Wildman–Crippen LogP) is 2.62. The van der Waals surface area contributed by atoms with Crippen LogP contribution in [0.5, 0.6) is 0 Å². The molecule has 0 amide bonds. The van der Waals surface area contributed by atoms with Crippen molar-refractivity contribution in [3.05, 3.63) is 30.3 Å². The van der Waals surface area contributed by atoms with Crippen molar-refractivity contribution in [1.82, 2.24) is 0 Å². The maximum Gasteiger partial charge on any atom is 0.124 e. The van der Waals surface area contributed by atoms with Crippen molar-refractivity contribution in [3.8, 4) is 0 Å². The minimum absolute atomic E-state index is 0.185. The molecule has 1 fully saturated rings. The predicted molar refractivity (Wildman–Crippen MR) is 79.3 cm³/mol. The molecule has 0 aliphatic carbocycles. The van der Waals surface area contributed by atoms with E-state index in [2.05, 4.69) is 13.8 Å². The molecule has 1 aliphatic rings. The summed E-state index contributed by atoms with van der Waals surface area (Å²) in [6, 6.07) is 7.19. The van der Waals surface area contributed by atoms with Crippen LogP contribution in [-0.4, -0.2) is 43.6 Å². The zero-order valence-corrected chi connectivity index (χ0v) is 13.2. The number of nitrogens with zero attached hydrogens (tertiary/aromatic N) is 1. The molecular weight excluding hydrogens is 274 g/mol. The minimum Gasteiger partial charge on any atom is -0.744 e. The molecule has 1 aromatic carbocycles. The summed E-state index contributed by atoms with van der Waals surface area (Å²) in [5.74, 6) is 0. The second kappa shape index (κ2) is 7.76. The van der Waals surface area contributed by atoms with E-state index >= 15 is 0 Å². The van der Waals surface area contributed by atoms with Crippen molar-refractivity contribution >= 4 is 10.1 Å². The van der Waals surface area contributed by atoms with Gasteiger partial charge in [0.2, 0.25) is 0 Å². The lowest BCUT2D eigenvalue weighted by Crippen LogP contribution is -2.50. The molecule has 0 spiro atoms. The van der Waals surface area contributed by atoms with Gasteiger partial charge >= 0.3 is 0 Å². The molecule has 114 valence electrons. The molecule has 1 heterocycles. The molecule has 0 radical (unpaired) electrons. The second-order valence-electron chi connectivity index (χ2n) is 5.25. The van der Waals surface area contributed by atoms with Gasteiger partial charge in [0.25, 0.3) is 0 Å². The Labute approximate surface area is 122 Å². The first kappa shape index (κ1) is 17.1. The zero-order chi connectivity index (χ0) is 15.1. The highest BCUT2D eigenvalue weighted by Crippen LogP contribution is 2.17. The third-order valence-electron chi connectivity index (χ3n) is 4.14. The molecular formula is C15H25NO3S. The standard InChI is InChI=1S/C9H20N.C6H6O3S/c1-3-10(4-2)8-6-5-7-9-10;7-10(8,9)6-4-2-1-3-5-6/h3-9H2,1-2H3;1-5H,(H,7,8,9)/q+1;/p-1. The molecule has 4 nitrogen and oxygen atoms in total. The number of hydrogen-bond acceptors (Lipinski definition) is 3. The quantitative estimate of drug-likeness (QED) is 0.637. The van der Waals surface area contributed by atoms with Crippen LogP contribution in [0.4, 0.5) is 0 Å². The van der Waals surface area contributed by atoms with Crippen LogP contribution in [0, 0.1) is 0 Å². The Bertz CT molecular complexity index is 473. The monoisotopic (exact) mass is 299 g/mol. The van der Waals surface area contributed by atoms with Crippen LogP contribution in [0.1, 0.15) is 33.1 Å².